The van der Waals surface area contributed by atoms with E-state index in [0.717, 1.165) is 0 Å². The van der Waals surface area contributed by atoms with Crippen molar-refractivity contribution in [2.75, 3.05) is 7.11 Å². The van der Waals surface area contributed by atoms with Gasteiger partial charge in [-0.15, -0.1) is 0 Å². The minimum Gasteiger partial charge on any atom is -0.481 e. The van der Waals surface area contributed by atoms with Crippen LogP contribution in [0.15, 0.2) is 0 Å². The highest BCUT2D eigenvalue weighted by Gasteiger charge is 2.22. The second-order valence-corrected chi connectivity index (χ2v) is 4.99. The molecule has 0 heterocycles. The van der Waals surface area contributed by atoms with Gasteiger partial charge in [0.25, 0.3) is 0 Å². The lowest BCUT2D eigenvalue weighted by Crippen LogP contribution is -2.24. The summed E-state index contributed by atoms with van der Waals surface area (Å²) in [6.07, 6.45) is -0.103. The Balaban J connectivity index is 0. The van der Waals surface area contributed by atoms with Crippen LogP contribution in [0.5, 0.6) is 0 Å². The SMILES string of the molecule is CC(C)C(=O)C(C)C(=O)O.COC(=O)CC(=O)C(C)C. The summed E-state index contributed by atoms with van der Waals surface area (Å²) in [7, 11) is 1.27. The molecule has 0 aromatic rings. The van der Waals surface area contributed by atoms with Crippen molar-refractivity contribution in [3.8, 4) is 0 Å². The number of hydrogen-bond donors (Lipinski definition) is 1. The number of rotatable bonds is 6. The first kappa shape index (κ1) is 20.6. The summed E-state index contributed by atoms with van der Waals surface area (Å²) in [5.74, 6) is -2.93. The first-order chi connectivity index (χ1) is 9.04. The van der Waals surface area contributed by atoms with Crippen LogP contribution in [0.25, 0.3) is 0 Å². The lowest BCUT2D eigenvalue weighted by atomic mass is 9.97. The monoisotopic (exact) mass is 288 g/mol. The number of carboxylic acids is 1. The van der Waals surface area contributed by atoms with Crippen LogP contribution in [0.2, 0.25) is 0 Å². The second-order valence-electron chi connectivity index (χ2n) is 4.99. The normalized spacial score (nSPS) is 11.4. The summed E-state index contributed by atoms with van der Waals surface area (Å²) in [4.78, 5) is 42.4. The third-order valence-corrected chi connectivity index (χ3v) is 2.56. The molecule has 0 bridgehead atoms. The van der Waals surface area contributed by atoms with Crippen molar-refractivity contribution >= 4 is 23.5 Å². The van der Waals surface area contributed by atoms with Crippen molar-refractivity contribution in [2.45, 2.75) is 41.0 Å². The molecule has 1 atom stereocenters. The Morgan fingerprint density at radius 1 is 0.950 bits per heavy atom. The van der Waals surface area contributed by atoms with E-state index in [2.05, 4.69) is 4.74 Å². The summed E-state index contributed by atoms with van der Waals surface area (Å²) in [5, 5.41) is 8.38. The molecule has 0 spiro atoms. The molecule has 0 amide bonds. The first-order valence-corrected chi connectivity index (χ1v) is 6.40. The van der Waals surface area contributed by atoms with Crippen molar-refractivity contribution in [2.24, 2.45) is 17.8 Å². The van der Waals surface area contributed by atoms with Gasteiger partial charge in [-0.05, 0) is 6.92 Å². The summed E-state index contributed by atoms with van der Waals surface area (Å²) >= 11 is 0. The summed E-state index contributed by atoms with van der Waals surface area (Å²) in [6.45, 7) is 8.31. The van der Waals surface area contributed by atoms with Crippen molar-refractivity contribution in [1.29, 1.82) is 0 Å². The van der Waals surface area contributed by atoms with E-state index in [4.69, 9.17) is 5.11 Å². The Morgan fingerprint density at radius 3 is 1.60 bits per heavy atom. The standard InChI is InChI=1S/2C7H12O3/c1-5(2)6(8)4-7(9)10-3;1-4(2)6(8)5(3)7(9)10/h5H,4H2,1-3H3;4-5H,1-3H3,(H,9,10). The fraction of sp³-hybridized carbons (Fsp3) is 0.714. The molecule has 20 heavy (non-hydrogen) atoms. The van der Waals surface area contributed by atoms with E-state index in [9.17, 15) is 19.2 Å². The van der Waals surface area contributed by atoms with E-state index in [0.29, 0.717) is 0 Å². The zero-order valence-corrected chi connectivity index (χ0v) is 12.9. The summed E-state index contributed by atoms with van der Waals surface area (Å²) in [5.41, 5.74) is 0. The molecular weight excluding hydrogens is 264 g/mol. The fourth-order valence-corrected chi connectivity index (χ4v) is 1.04. The van der Waals surface area contributed by atoms with Crippen LogP contribution in [0.1, 0.15) is 41.0 Å². The van der Waals surface area contributed by atoms with Crippen molar-refractivity contribution in [3.05, 3.63) is 0 Å². The highest BCUT2D eigenvalue weighted by molar-refractivity contribution is 5.98. The first-order valence-electron chi connectivity index (χ1n) is 6.40. The predicted octanol–water partition coefficient (Wildman–Crippen LogP) is 1.71. The molecule has 0 aliphatic carbocycles. The number of ketones is 2. The topological polar surface area (TPSA) is 97.7 Å². The van der Waals surface area contributed by atoms with Crippen LogP contribution < -0.4 is 0 Å². The molecule has 1 unspecified atom stereocenters. The highest BCUT2D eigenvalue weighted by Crippen LogP contribution is 2.05. The molecule has 0 fully saturated rings. The smallest absolute Gasteiger partial charge is 0.313 e. The van der Waals surface area contributed by atoms with Gasteiger partial charge in [0.2, 0.25) is 0 Å². The van der Waals surface area contributed by atoms with Gasteiger partial charge in [0.05, 0.1) is 7.11 Å². The molecule has 0 saturated carbocycles. The minimum absolute atomic E-state index is 0.0770. The van der Waals surface area contributed by atoms with Gasteiger partial charge < -0.3 is 9.84 Å². The number of carbonyl (C=O) groups is 4. The summed E-state index contributed by atoms with van der Waals surface area (Å²) in [6, 6.07) is 0. The second kappa shape index (κ2) is 10.1. The Labute approximate surface area is 119 Å². The molecule has 0 radical (unpaired) electrons. The average molecular weight is 288 g/mol. The number of aliphatic carboxylic acids is 1. The Morgan fingerprint density at radius 2 is 1.40 bits per heavy atom. The number of hydrogen-bond acceptors (Lipinski definition) is 5. The van der Waals surface area contributed by atoms with Crippen LogP contribution in [-0.2, 0) is 23.9 Å². The fourth-order valence-electron chi connectivity index (χ4n) is 1.04. The van der Waals surface area contributed by atoms with E-state index in [-0.39, 0.29) is 29.8 Å². The molecule has 0 saturated heterocycles. The van der Waals surface area contributed by atoms with Crippen LogP contribution in [0.3, 0.4) is 0 Å². The molecule has 0 aromatic heterocycles. The lowest BCUT2D eigenvalue weighted by Gasteiger charge is -2.06. The maximum absolute atomic E-state index is 10.9. The quantitative estimate of drug-likeness (QED) is 0.590. The number of carboxylic acid groups (broad SMARTS) is 1. The highest BCUT2D eigenvalue weighted by atomic mass is 16.5. The van der Waals surface area contributed by atoms with E-state index in [1.165, 1.54) is 14.0 Å². The molecular formula is C14H24O6. The van der Waals surface area contributed by atoms with E-state index in [1.807, 2.05) is 0 Å². The van der Waals surface area contributed by atoms with E-state index < -0.39 is 17.9 Å². The number of methoxy groups -OCH3 is 1. The van der Waals surface area contributed by atoms with Gasteiger partial charge in [-0.2, -0.15) is 0 Å². The number of carbonyl (C=O) groups excluding carboxylic acids is 3. The minimum atomic E-state index is -1.04. The van der Waals surface area contributed by atoms with E-state index in [1.54, 1.807) is 27.7 Å². The van der Waals surface area contributed by atoms with Crippen molar-refractivity contribution in [3.63, 3.8) is 0 Å². The zero-order valence-electron chi connectivity index (χ0n) is 12.9. The molecule has 0 rings (SSSR count). The number of esters is 1. The Hall–Kier alpha value is -1.72. The predicted molar refractivity (Wildman–Crippen MR) is 73.1 cm³/mol. The lowest BCUT2D eigenvalue weighted by molar-refractivity contribution is -0.147. The van der Waals surface area contributed by atoms with Gasteiger partial charge in [-0.1, -0.05) is 27.7 Å². The van der Waals surface area contributed by atoms with Crippen LogP contribution in [0.4, 0.5) is 0 Å². The van der Waals surface area contributed by atoms with Crippen molar-refractivity contribution < 1.29 is 29.0 Å². The van der Waals surface area contributed by atoms with Crippen molar-refractivity contribution in [1.82, 2.24) is 0 Å². The molecule has 116 valence electrons. The van der Waals surface area contributed by atoms with Gasteiger partial charge in [-0.3, -0.25) is 19.2 Å². The van der Waals surface area contributed by atoms with Gasteiger partial charge >= 0.3 is 11.9 Å². The third kappa shape index (κ3) is 9.24. The molecule has 6 heteroatoms. The largest absolute Gasteiger partial charge is 0.481 e. The number of ether oxygens (including phenoxy) is 1. The van der Waals surface area contributed by atoms with Gasteiger partial charge in [0, 0.05) is 11.8 Å². The van der Waals surface area contributed by atoms with Crippen LogP contribution in [0, 0.1) is 17.8 Å². The molecule has 0 aliphatic heterocycles. The number of Topliss-reactive ketones (excluding diaryl/α,β-unsaturated/α-hetero) is 2. The third-order valence-electron chi connectivity index (χ3n) is 2.56. The van der Waals surface area contributed by atoms with Gasteiger partial charge in [-0.25, -0.2) is 0 Å². The Kier molecular flexibility index (Phi) is 10.4. The molecule has 0 aliphatic rings. The molecule has 6 nitrogen and oxygen atoms in total. The van der Waals surface area contributed by atoms with Crippen LogP contribution >= 0.6 is 0 Å². The van der Waals surface area contributed by atoms with E-state index >= 15 is 0 Å². The maximum atomic E-state index is 10.9. The summed E-state index contributed by atoms with van der Waals surface area (Å²) < 4.78 is 4.31. The maximum Gasteiger partial charge on any atom is 0.313 e. The molecule has 1 N–H and O–H groups in total. The van der Waals surface area contributed by atoms with Gasteiger partial charge in [0.15, 0.2) is 0 Å². The van der Waals surface area contributed by atoms with Gasteiger partial charge in [0.1, 0.15) is 23.9 Å². The molecule has 0 aromatic carbocycles. The Bertz CT molecular complexity index is 355. The zero-order chi connectivity index (χ0) is 16.5. The average Bonchev–Trinajstić information content (AvgIpc) is 2.36. The van der Waals surface area contributed by atoms with Crippen LogP contribution in [-0.4, -0.2) is 35.7 Å².